The van der Waals surface area contributed by atoms with E-state index in [0.717, 1.165) is 36.9 Å². The molecule has 0 bridgehead atoms. The minimum absolute atomic E-state index is 0.0812. The first kappa shape index (κ1) is 32.9. The molecule has 0 radical (unpaired) electrons. The van der Waals surface area contributed by atoms with Gasteiger partial charge in [-0.1, -0.05) is 36.4 Å². The third-order valence-electron chi connectivity index (χ3n) is 8.85. The monoisotopic (exact) mass is 620 g/mol. The number of aryl methyl sites for hydroxylation is 1. The maximum atomic E-state index is 13.7. The molecular weight excluding hydrogens is 578 g/mol. The number of rotatable bonds is 16. The number of β-lactam (4-membered cyclic amide) rings is 1. The fourth-order valence-corrected chi connectivity index (χ4v) is 6.07. The summed E-state index contributed by atoms with van der Waals surface area (Å²) < 4.78 is 38.6. The molecule has 1 amide bonds. The summed E-state index contributed by atoms with van der Waals surface area (Å²) in [4.78, 5) is 29.5. The number of anilines is 1. The van der Waals surface area contributed by atoms with Crippen LogP contribution in [0.2, 0.25) is 0 Å². The largest absolute Gasteiger partial charge is 0.388 e. The summed E-state index contributed by atoms with van der Waals surface area (Å²) in [5.41, 5.74) is 2.82. The van der Waals surface area contributed by atoms with Crippen LogP contribution in [0.25, 0.3) is 0 Å². The van der Waals surface area contributed by atoms with Gasteiger partial charge in [0.2, 0.25) is 5.91 Å². The number of Topliss-reactive ketones (excluding diaryl/α,β-unsaturated/α-hetero) is 1. The highest BCUT2D eigenvalue weighted by atomic mass is 19.1. The molecule has 0 aromatic heterocycles. The molecule has 7 nitrogen and oxygen atoms in total. The second kappa shape index (κ2) is 14.7. The second-order valence-electron chi connectivity index (χ2n) is 12.5. The predicted octanol–water partition coefficient (Wildman–Crippen LogP) is 5.81. The summed E-state index contributed by atoms with van der Waals surface area (Å²) >= 11 is 0. The molecule has 2 fully saturated rings. The number of benzene rings is 3. The highest BCUT2D eigenvalue weighted by Crippen LogP contribution is 2.46. The van der Waals surface area contributed by atoms with Crippen LogP contribution in [0.15, 0.2) is 72.8 Å². The molecule has 45 heavy (non-hydrogen) atoms. The molecular formula is C36H42F2N2O5. The van der Waals surface area contributed by atoms with Crippen LogP contribution >= 0.6 is 0 Å². The summed E-state index contributed by atoms with van der Waals surface area (Å²) in [5, 5.41) is 10.7. The molecule has 2 heterocycles. The Morgan fingerprint density at radius 2 is 1.67 bits per heavy atom. The molecule has 2 aliphatic heterocycles. The second-order valence-corrected chi connectivity index (χ2v) is 12.5. The first-order valence-electron chi connectivity index (χ1n) is 15.6. The molecule has 1 N–H and O–H groups in total. The minimum atomic E-state index is -0.820. The van der Waals surface area contributed by atoms with Gasteiger partial charge in [-0.2, -0.15) is 0 Å². The van der Waals surface area contributed by atoms with Crippen molar-refractivity contribution >= 4 is 17.4 Å². The quantitative estimate of drug-likeness (QED) is 0.204. The van der Waals surface area contributed by atoms with E-state index in [4.69, 9.17) is 9.47 Å². The average molecular weight is 621 g/mol. The summed E-state index contributed by atoms with van der Waals surface area (Å²) in [6, 6.07) is 19.5. The number of carbonyl (C=O) groups is 2. The fraction of sp³-hybridized carbons (Fsp3) is 0.444. The lowest BCUT2D eigenvalue weighted by atomic mass is 9.78. The molecule has 3 aromatic rings. The lowest BCUT2D eigenvalue weighted by Crippen LogP contribution is -2.55. The zero-order valence-electron chi connectivity index (χ0n) is 26.0. The molecule has 2 aliphatic rings. The van der Waals surface area contributed by atoms with Gasteiger partial charge >= 0.3 is 0 Å². The average Bonchev–Trinajstić information content (AvgIpc) is 3.00. The molecule has 0 aliphatic carbocycles. The molecule has 3 aromatic carbocycles. The Balaban J connectivity index is 1.22. The Bertz CT molecular complexity index is 1430. The molecule has 240 valence electrons. The van der Waals surface area contributed by atoms with Crippen LogP contribution in [0, 0.1) is 17.6 Å². The number of ketones is 1. The summed E-state index contributed by atoms with van der Waals surface area (Å²) in [5.74, 6) is -1.09. The molecule has 3 atom stereocenters. The number of aliphatic hydroxyl groups excluding tert-OH is 1. The summed E-state index contributed by atoms with van der Waals surface area (Å²) in [7, 11) is 3.98. The van der Waals surface area contributed by atoms with E-state index < -0.39 is 11.7 Å². The molecule has 2 saturated heterocycles. The van der Waals surface area contributed by atoms with E-state index in [1.807, 2.05) is 38.4 Å². The van der Waals surface area contributed by atoms with Crippen LogP contribution < -0.4 is 4.90 Å². The van der Waals surface area contributed by atoms with Gasteiger partial charge in [0.1, 0.15) is 23.8 Å². The normalized spacial score (nSPS) is 19.7. The van der Waals surface area contributed by atoms with Crippen LogP contribution in [0.3, 0.4) is 0 Å². The molecule has 9 heteroatoms. The number of hydrogen-bond acceptors (Lipinski definition) is 6. The van der Waals surface area contributed by atoms with Crippen LogP contribution in [0.4, 0.5) is 14.5 Å². The topological polar surface area (TPSA) is 79.3 Å². The van der Waals surface area contributed by atoms with Crippen LogP contribution in [0.5, 0.6) is 0 Å². The van der Waals surface area contributed by atoms with Crippen LogP contribution in [-0.4, -0.2) is 67.8 Å². The van der Waals surface area contributed by atoms with Crippen molar-refractivity contribution in [3.05, 3.63) is 101 Å². The summed E-state index contributed by atoms with van der Waals surface area (Å²) in [6.45, 7) is 1.91. The van der Waals surface area contributed by atoms with Gasteiger partial charge in [0.15, 0.2) is 5.78 Å². The lowest BCUT2D eigenvalue weighted by molar-refractivity contribution is -0.211. The maximum absolute atomic E-state index is 13.7. The summed E-state index contributed by atoms with van der Waals surface area (Å²) in [6.07, 6.45) is 2.75. The first-order valence-corrected chi connectivity index (χ1v) is 15.6. The highest BCUT2D eigenvalue weighted by molar-refractivity contribution is 6.03. The van der Waals surface area contributed by atoms with E-state index in [1.165, 1.54) is 24.3 Å². The van der Waals surface area contributed by atoms with Crippen molar-refractivity contribution in [1.82, 2.24) is 4.90 Å². The van der Waals surface area contributed by atoms with Crippen LogP contribution in [0.1, 0.15) is 60.9 Å². The third-order valence-corrected chi connectivity index (χ3v) is 8.85. The van der Waals surface area contributed by atoms with Crippen molar-refractivity contribution in [3.63, 3.8) is 0 Å². The van der Waals surface area contributed by atoms with Gasteiger partial charge in [-0.3, -0.25) is 9.59 Å². The van der Waals surface area contributed by atoms with Crippen molar-refractivity contribution in [1.29, 1.82) is 0 Å². The fourth-order valence-electron chi connectivity index (χ4n) is 6.07. The van der Waals surface area contributed by atoms with Crippen molar-refractivity contribution in [2.45, 2.75) is 56.3 Å². The number of ether oxygens (including phenoxy) is 2. The van der Waals surface area contributed by atoms with Gasteiger partial charge in [0, 0.05) is 12.1 Å². The number of hydrogen-bond donors (Lipinski definition) is 1. The van der Waals surface area contributed by atoms with E-state index in [-0.39, 0.29) is 41.9 Å². The number of amides is 1. The van der Waals surface area contributed by atoms with Crippen molar-refractivity contribution in [3.8, 4) is 0 Å². The van der Waals surface area contributed by atoms with Gasteiger partial charge in [0.25, 0.3) is 0 Å². The first-order chi connectivity index (χ1) is 21.6. The Hall–Kier alpha value is -3.50. The van der Waals surface area contributed by atoms with E-state index in [0.29, 0.717) is 43.7 Å². The molecule has 0 unspecified atom stereocenters. The highest BCUT2D eigenvalue weighted by Gasteiger charge is 2.48. The van der Waals surface area contributed by atoms with Crippen LogP contribution in [-0.2, 0) is 25.5 Å². The van der Waals surface area contributed by atoms with E-state index >= 15 is 0 Å². The van der Waals surface area contributed by atoms with Gasteiger partial charge in [-0.05, 0) is 106 Å². The van der Waals surface area contributed by atoms with Crippen molar-refractivity contribution < 1.29 is 33.0 Å². The maximum Gasteiger partial charge on any atom is 0.233 e. The van der Waals surface area contributed by atoms with E-state index in [2.05, 4.69) is 4.90 Å². The van der Waals surface area contributed by atoms with E-state index in [1.54, 1.807) is 29.2 Å². The number of halogens is 2. The zero-order valence-corrected chi connectivity index (χ0v) is 26.0. The molecule has 5 rings (SSSR count). The molecule has 0 spiro atoms. The van der Waals surface area contributed by atoms with E-state index in [9.17, 15) is 23.5 Å². The standard InChI is InChI=1S/C36H42F2N2O5/c1-39(2)21-3-4-31(41)22-45-36(23-44-24-36)20-19-25-5-7-27(8-6-25)34-32(17-18-33(42)26-9-11-28(37)12-10-26)35(43)40(34)30-15-13-29(38)14-16-30/h5-16,32-34,42H,3-4,17-24H2,1-2H3/t32-,33+,34-/m1/s1. The minimum Gasteiger partial charge on any atom is -0.388 e. The van der Waals surface area contributed by atoms with Gasteiger partial charge in [-0.15, -0.1) is 0 Å². The SMILES string of the molecule is CN(C)CCCC(=O)COC1(CCc2ccc([C@@H]3[C@@H](CC[C@H](O)c4ccc(F)cc4)C(=O)N3c3ccc(F)cc3)cc2)COC1. The van der Waals surface area contributed by atoms with Gasteiger partial charge < -0.3 is 24.4 Å². The third kappa shape index (κ3) is 8.21. The molecule has 0 saturated carbocycles. The number of carbonyl (C=O) groups excluding carboxylic acids is 2. The van der Waals surface area contributed by atoms with Crippen molar-refractivity contribution in [2.24, 2.45) is 5.92 Å². The Kier molecular flexibility index (Phi) is 10.8. The number of nitrogens with zero attached hydrogens (tertiary/aromatic N) is 2. The smallest absolute Gasteiger partial charge is 0.233 e. The Morgan fingerprint density at radius 1 is 1.02 bits per heavy atom. The Labute approximate surface area is 263 Å². The Morgan fingerprint density at radius 3 is 2.27 bits per heavy atom. The predicted molar refractivity (Wildman–Crippen MR) is 168 cm³/mol. The number of aliphatic hydroxyl groups is 1. The lowest BCUT2D eigenvalue weighted by Gasteiger charge is -2.48. The van der Waals surface area contributed by atoms with Crippen molar-refractivity contribution in [2.75, 3.05) is 45.4 Å². The zero-order chi connectivity index (χ0) is 32.0. The van der Waals surface area contributed by atoms with Gasteiger partial charge in [0.05, 0.1) is 31.3 Å². The van der Waals surface area contributed by atoms with Gasteiger partial charge in [-0.25, -0.2) is 8.78 Å².